The van der Waals surface area contributed by atoms with E-state index in [0.717, 1.165) is 25.3 Å². The molecular weight excluding hydrogens is 126 g/mol. The molecule has 0 aliphatic carbocycles. The third kappa shape index (κ3) is 0.746. The van der Waals surface area contributed by atoms with E-state index >= 15 is 0 Å². The second kappa shape index (κ2) is 1.97. The fourth-order valence-corrected chi connectivity index (χ4v) is 2.16. The summed E-state index contributed by atoms with van der Waals surface area (Å²) < 4.78 is 0. The Morgan fingerprint density at radius 3 is 3.10 bits per heavy atom. The molecule has 10 heavy (non-hydrogen) atoms. The molecule has 2 heterocycles. The van der Waals surface area contributed by atoms with Gasteiger partial charge in [0.05, 0.1) is 0 Å². The number of fused-ring (bicyclic) bond motifs is 1. The molecule has 0 saturated carbocycles. The van der Waals surface area contributed by atoms with Crippen LogP contribution < -0.4 is 0 Å². The van der Waals surface area contributed by atoms with Gasteiger partial charge >= 0.3 is 0 Å². The van der Waals surface area contributed by atoms with Gasteiger partial charge in [0, 0.05) is 19.0 Å². The number of carbonyl (C=O) groups is 1. The number of hydrogen-bond donors (Lipinski definition) is 0. The minimum atomic E-state index is 0.384. The fourth-order valence-electron chi connectivity index (χ4n) is 2.16. The van der Waals surface area contributed by atoms with Gasteiger partial charge in [-0.2, -0.15) is 0 Å². The van der Waals surface area contributed by atoms with Crippen molar-refractivity contribution in [3.8, 4) is 0 Å². The molecule has 2 heteroatoms. The van der Waals surface area contributed by atoms with Gasteiger partial charge in [0.2, 0.25) is 5.91 Å². The van der Waals surface area contributed by atoms with E-state index in [2.05, 4.69) is 11.8 Å². The molecule has 0 N–H and O–H groups in total. The van der Waals surface area contributed by atoms with Gasteiger partial charge in [-0.3, -0.25) is 4.79 Å². The second-order valence-electron chi connectivity index (χ2n) is 3.58. The number of rotatable bonds is 0. The normalized spacial score (nSPS) is 38.9. The predicted octanol–water partition coefficient (Wildman–Crippen LogP) is 1.02. The lowest BCUT2D eigenvalue weighted by Gasteiger charge is -2.13. The van der Waals surface area contributed by atoms with Gasteiger partial charge in [0.15, 0.2) is 0 Å². The topological polar surface area (TPSA) is 20.3 Å². The van der Waals surface area contributed by atoms with Crippen molar-refractivity contribution < 1.29 is 4.79 Å². The van der Waals surface area contributed by atoms with E-state index in [1.165, 1.54) is 6.42 Å². The van der Waals surface area contributed by atoms with E-state index in [4.69, 9.17) is 0 Å². The summed E-state index contributed by atoms with van der Waals surface area (Å²) in [6.45, 7) is 3.25. The van der Waals surface area contributed by atoms with E-state index in [0.29, 0.717) is 11.9 Å². The molecule has 0 bridgehead atoms. The Balaban J connectivity index is 2.12. The van der Waals surface area contributed by atoms with Crippen LogP contribution in [0.2, 0.25) is 0 Å². The maximum Gasteiger partial charge on any atom is 0.222 e. The molecule has 2 atom stereocenters. The Kier molecular flexibility index (Phi) is 1.22. The Labute approximate surface area is 61.2 Å². The van der Waals surface area contributed by atoms with Crippen molar-refractivity contribution in [2.45, 2.75) is 32.2 Å². The van der Waals surface area contributed by atoms with Crippen LogP contribution in [0.1, 0.15) is 26.2 Å². The summed E-state index contributed by atoms with van der Waals surface area (Å²) in [7, 11) is 0. The zero-order valence-corrected chi connectivity index (χ0v) is 6.34. The van der Waals surface area contributed by atoms with Gasteiger partial charge in [0.1, 0.15) is 0 Å². The van der Waals surface area contributed by atoms with Gasteiger partial charge < -0.3 is 4.90 Å². The lowest BCUT2D eigenvalue weighted by Crippen LogP contribution is -2.27. The molecule has 0 aromatic carbocycles. The highest BCUT2D eigenvalue weighted by Gasteiger charge is 2.37. The van der Waals surface area contributed by atoms with E-state index in [-0.39, 0.29) is 0 Å². The third-order valence-corrected chi connectivity index (χ3v) is 2.64. The minimum absolute atomic E-state index is 0.384. The smallest absolute Gasteiger partial charge is 0.222 e. The number of hydrogen-bond acceptors (Lipinski definition) is 1. The highest BCUT2D eigenvalue weighted by Crippen LogP contribution is 2.31. The zero-order chi connectivity index (χ0) is 7.14. The monoisotopic (exact) mass is 139 g/mol. The van der Waals surface area contributed by atoms with E-state index < -0.39 is 0 Å². The van der Waals surface area contributed by atoms with Crippen LogP contribution in [-0.2, 0) is 4.79 Å². The summed E-state index contributed by atoms with van der Waals surface area (Å²) in [6, 6.07) is 0.613. The molecule has 2 fully saturated rings. The first-order valence-corrected chi connectivity index (χ1v) is 4.07. The van der Waals surface area contributed by atoms with Crippen LogP contribution in [0.3, 0.4) is 0 Å². The van der Waals surface area contributed by atoms with Crippen LogP contribution in [0.25, 0.3) is 0 Å². The van der Waals surface area contributed by atoms with Crippen LogP contribution in [0.15, 0.2) is 0 Å². The standard InChI is InChI=1S/C8H13NO/c1-6-4-7-2-3-8(10)9(7)5-6/h6-7H,2-5H2,1H3/t6-,7+/m0/s1. The minimum Gasteiger partial charge on any atom is -0.339 e. The Hall–Kier alpha value is -0.530. The molecule has 2 saturated heterocycles. The maximum absolute atomic E-state index is 11.1. The van der Waals surface area contributed by atoms with Gasteiger partial charge in [-0.25, -0.2) is 0 Å². The number of amides is 1. The second-order valence-corrected chi connectivity index (χ2v) is 3.58. The fraction of sp³-hybridized carbons (Fsp3) is 0.875. The average molecular weight is 139 g/mol. The largest absolute Gasteiger partial charge is 0.339 e. The van der Waals surface area contributed by atoms with Gasteiger partial charge in [-0.15, -0.1) is 0 Å². The van der Waals surface area contributed by atoms with Gasteiger partial charge in [-0.1, -0.05) is 6.92 Å². The van der Waals surface area contributed by atoms with Crippen molar-refractivity contribution in [3.05, 3.63) is 0 Å². The summed E-state index contributed by atoms with van der Waals surface area (Å²) in [5.41, 5.74) is 0. The van der Waals surface area contributed by atoms with Crippen LogP contribution in [0, 0.1) is 5.92 Å². The highest BCUT2D eigenvalue weighted by atomic mass is 16.2. The molecule has 0 aromatic rings. The summed E-state index contributed by atoms with van der Waals surface area (Å²) in [6.07, 6.45) is 3.16. The molecule has 0 aromatic heterocycles. The number of carbonyl (C=O) groups excluding carboxylic acids is 1. The molecule has 2 rings (SSSR count). The third-order valence-electron chi connectivity index (χ3n) is 2.64. The van der Waals surface area contributed by atoms with Crippen LogP contribution in [-0.4, -0.2) is 23.4 Å². The highest BCUT2D eigenvalue weighted by molar-refractivity contribution is 5.79. The van der Waals surface area contributed by atoms with Crippen LogP contribution >= 0.6 is 0 Å². The van der Waals surface area contributed by atoms with Crippen molar-refractivity contribution in [1.29, 1.82) is 0 Å². The van der Waals surface area contributed by atoms with Crippen molar-refractivity contribution >= 4 is 5.91 Å². The summed E-state index contributed by atoms with van der Waals surface area (Å²) in [5, 5.41) is 0. The molecule has 0 unspecified atom stereocenters. The first kappa shape index (κ1) is 6.20. The molecule has 2 aliphatic heterocycles. The first-order valence-electron chi connectivity index (χ1n) is 4.07. The molecule has 56 valence electrons. The molecule has 0 spiro atoms. The van der Waals surface area contributed by atoms with E-state index in [1.807, 2.05) is 0 Å². The predicted molar refractivity (Wildman–Crippen MR) is 38.5 cm³/mol. The Morgan fingerprint density at radius 2 is 2.40 bits per heavy atom. The van der Waals surface area contributed by atoms with Gasteiger partial charge in [-0.05, 0) is 18.8 Å². The summed E-state index contributed by atoms with van der Waals surface area (Å²) in [5.74, 6) is 1.13. The van der Waals surface area contributed by atoms with Crippen LogP contribution in [0.4, 0.5) is 0 Å². The average Bonchev–Trinajstić information content (AvgIpc) is 2.35. The molecule has 2 aliphatic rings. The lowest BCUT2D eigenvalue weighted by molar-refractivity contribution is -0.128. The summed E-state index contributed by atoms with van der Waals surface area (Å²) >= 11 is 0. The maximum atomic E-state index is 11.1. The van der Waals surface area contributed by atoms with Crippen molar-refractivity contribution in [2.75, 3.05) is 6.54 Å². The van der Waals surface area contributed by atoms with E-state index in [1.54, 1.807) is 0 Å². The molecule has 1 amide bonds. The Morgan fingerprint density at radius 1 is 1.60 bits per heavy atom. The lowest BCUT2D eigenvalue weighted by atomic mass is 10.1. The van der Waals surface area contributed by atoms with Crippen LogP contribution in [0.5, 0.6) is 0 Å². The zero-order valence-electron chi connectivity index (χ0n) is 6.34. The SMILES string of the molecule is C[C@H]1C[C@H]2CCC(=O)N2C1. The molecular formula is C8H13NO. The van der Waals surface area contributed by atoms with E-state index in [9.17, 15) is 4.79 Å². The Bertz CT molecular complexity index is 167. The molecule has 0 radical (unpaired) electrons. The van der Waals surface area contributed by atoms with Gasteiger partial charge in [0.25, 0.3) is 0 Å². The van der Waals surface area contributed by atoms with Crippen molar-refractivity contribution in [2.24, 2.45) is 5.92 Å². The van der Waals surface area contributed by atoms with Crippen molar-refractivity contribution in [1.82, 2.24) is 4.90 Å². The number of nitrogens with zero attached hydrogens (tertiary/aromatic N) is 1. The summed E-state index contributed by atoms with van der Waals surface area (Å²) in [4.78, 5) is 13.2. The van der Waals surface area contributed by atoms with Crippen molar-refractivity contribution in [3.63, 3.8) is 0 Å². The quantitative estimate of drug-likeness (QED) is 0.490. The first-order chi connectivity index (χ1) is 4.77. The molecule has 2 nitrogen and oxygen atoms in total.